The van der Waals surface area contributed by atoms with Gasteiger partial charge in [0.05, 0.1) is 0 Å². The van der Waals surface area contributed by atoms with E-state index in [1.165, 1.54) is 12.1 Å². The van der Waals surface area contributed by atoms with Gasteiger partial charge in [-0.25, -0.2) is 4.39 Å². The summed E-state index contributed by atoms with van der Waals surface area (Å²) in [7, 11) is 0. The molecule has 1 amide bonds. The minimum atomic E-state index is -0.228. The quantitative estimate of drug-likeness (QED) is 0.617. The molecule has 1 fully saturated rings. The minimum absolute atomic E-state index is 0.0323. The van der Waals surface area contributed by atoms with Gasteiger partial charge in [0.25, 0.3) is 0 Å². The zero-order chi connectivity index (χ0) is 20.3. The number of carbonyl (C=O) groups excluding carboxylic acids is 1. The van der Waals surface area contributed by atoms with Crippen molar-refractivity contribution in [3.05, 3.63) is 70.5 Å². The van der Waals surface area contributed by atoms with Crippen LogP contribution in [0.5, 0.6) is 0 Å². The first kappa shape index (κ1) is 20.4. The Hall–Kier alpha value is -2.37. The van der Waals surface area contributed by atoms with Crippen molar-refractivity contribution in [2.45, 2.75) is 32.5 Å². The molecule has 0 spiro atoms. The minimum Gasteiger partial charge on any atom is -0.398 e. The molecule has 4 nitrogen and oxygen atoms in total. The zero-order valence-electron chi connectivity index (χ0n) is 16.1. The molecule has 28 heavy (non-hydrogen) atoms. The van der Waals surface area contributed by atoms with Crippen LogP contribution in [0.4, 0.5) is 10.1 Å². The van der Waals surface area contributed by atoms with Crippen LogP contribution in [0.15, 0.2) is 48.5 Å². The Kier molecular flexibility index (Phi) is 6.37. The lowest BCUT2D eigenvalue weighted by Gasteiger charge is -2.44. The highest BCUT2D eigenvalue weighted by molar-refractivity contribution is 6.30. The fourth-order valence-electron chi connectivity index (χ4n) is 3.50. The molecule has 0 aromatic heterocycles. The van der Waals surface area contributed by atoms with E-state index in [1.807, 2.05) is 24.0 Å². The number of hydrogen-bond acceptors (Lipinski definition) is 3. The third-order valence-electron chi connectivity index (χ3n) is 5.15. The predicted octanol–water partition coefficient (Wildman–Crippen LogP) is 4.20. The number of benzene rings is 2. The molecule has 2 aromatic carbocycles. The van der Waals surface area contributed by atoms with Crippen LogP contribution < -0.4 is 5.73 Å². The molecule has 0 radical (unpaired) electrons. The average molecular weight is 402 g/mol. The van der Waals surface area contributed by atoms with E-state index in [0.717, 1.165) is 24.2 Å². The molecule has 148 valence electrons. The van der Waals surface area contributed by atoms with Crippen molar-refractivity contribution in [1.82, 2.24) is 9.80 Å². The van der Waals surface area contributed by atoms with Crippen LogP contribution in [-0.2, 0) is 11.3 Å². The van der Waals surface area contributed by atoms with Crippen molar-refractivity contribution in [3.63, 3.8) is 0 Å². The summed E-state index contributed by atoms with van der Waals surface area (Å²) in [6.45, 7) is 6.30. The maximum Gasteiger partial charge on any atom is 0.246 e. The summed E-state index contributed by atoms with van der Waals surface area (Å²) in [5, 5.41) is 0.570. The van der Waals surface area contributed by atoms with E-state index >= 15 is 0 Å². The molecule has 0 bridgehead atoms. The number of nitrogen functional groups attached to an aromatic ring is 1. The van der Waals surface area contributed by atoms with E-state index in [-0.39, 0.29) is 23.8 Å². The SMILES string of the molecule is C[C@@H]1CN(Cc2ccc(F)cc2)[C@@H](C)CN1C(=O)/C=C/c1ccc(Cl)cc1N. The highest BCUT2D eigenvalue weighted by Crippen LogP contribution is 2.21. The molecule has 3 rings (SSSR count). The van der Waals surface area contributed by atoms with Crippen molar-refractivity contribution < 1.29 is 9.18 Å². The Labute approximate surface area is 170 Å². The molecule has 1 heterocycles. The van der Waals surface area contributed by atoms with Crippen LogP contribution in [0.1, 0.15) is 25.0 Å². The summed E-state index contributed by atoms with van der Waals surface area (Å²) in [5.74, 6) is -0.260. The van der Waals surface area contributed by atoms with Gasteiger partial charge >= 0.3 is 0 Å². The van der Waals surface area contributed by atoms with E-state index in [0.29, 0.717) is 17.3 Å². The van der Waals surface area contributed by atoms with Gasteiger partial charge in [-0.05, 0) is 55.3 Å². The number of anilines is 1. The molecule has 0 unspecified atom stereocenters. The number of amides is 1. The van der Waals surface area contributed by atoms with Gasteiger partial charge < -0.3 is 10.6 Å². The van der Waals surface area contributed by atoms with Crippen molar-refractivity contribution in [2.75, 3.05) is 18.8 Å². The fourth-order valence-corrected chi connectivity index (χ4v) is 3.68. The summed E-state index contributed by atoms with van der Waals surface area (Å²) in [4.78, 5) is 16.9. The lowest BCUT2D eigenvalue weighted by atomic mass is 10.1. The fraction of sp³-hybridized carbons (Fsp3) is 0.318. The monoisotopic (exact) mass is 401 g/mol. The smallest absolute Gasteiger partial charge is 0.246 e. The molecule has 1 aliphatic rings. The Morgan fingerprint density at radius 1 is 1.18 bits per heavy atom. The van der Waals surface area contributed by atoms with Gasteiger partial charge in [-0.3, -0.25) is 9.69 Å². The number of halogens is 2. The summed E-state index contributed by atoms with van der Waals surface area (Å²) >= 11 is 5.91. The Balaban J connectivity index is 1.63. The second-order valence-corrected chi connectivity index (χ2v) is 7.79. The van der Waals surface area contributed by atoms with Crippen molar-refractivity contribution in [3.8, 4) is 0 Å². The number of rotatable bonds is 4. The van der Waals surface area contributed by atoms with Gasteiger partial charge in [0, 0.05) is 48.5 Å². The number of hydrogen-bond donors (Lipinski definition) is 1. The first-order valence-electron chi connectivity index (χ1n) is 9.35. The Morgan fingerprint density at radius 2 is 1.89 bits per heavy atom. The topological polar surface area (TPSA) is 49.6 Å². The van der Waals surface area contributed by atoms with Gasteiger partial charge in [0.1, 0.15) is 5.82 Å². The molecule has 6 heteroatoms. The first-order chi connectivity index (χ1) is 13.3. The van der Waals surface area contributed by atoms with E-state index in [9.17, 15) is 9.18 Å². The number of piperazine rings is 1. The van der Waals surface area contributed by atoms with Crippen molar-refractivity contribution in [2.24, 2.45) is 0 Å². The molecule has 0 saturated carbocycles. The van der Waals surface area contributed by atoms with Crippen LogP contribution in [-0.4, -0.2) is 40.9 Å². The lowest BCUT2D eigenvalue weighted by Crippen LogP contribution is -2.57. The molecule has 2 aromatic rings. The summed E-state index contributed by atoms with van der Waals surface area (Å²) < 4.78 is 13.1. The van der Waals surface area contributed by atoms with Crippen molar-refractivity contribution >= 4 is 29.3 Å². The van der Waals surface area contributed by atoms with Crippen LogP contribution in [0.3, 0.4) is 0 Å². The van der Waals surface area contributed by atoms with Crippen LogP contribution >= 0.6 is 11.6 Å². The largest absolute Gasteiger partial charge is 0.398 e. The predicted molar refractivity (Wildman–Crippen MR) is 112 cm³/mol. The maximum atomic E-state index is 13.1. The lowest BCUT2D eigenvalue weighted by molar-refractivity contribution is -0.131. The van der Waals surface area contributed by atoms with Gasteiger partial charge in [-0.15, -0.1) is 0 Å². The molecular weight excluding hydrogens is 377 g/mol. The average Bonchev–Trinajstić information content (AvgIpc) is 2.65. The number of nitrogens with zero attached hydrogens (tertiary/aromatic N) is 2. The van der Waals surface area contributed by atoms with Gasteiger partial charge in [0.15, 0.2) is 0 Å². The second-order valence-electron chi connectivity index (χ2n) is 7.35. The van der Waals surface area contributed by atoms with E-state index < -0.39 is 0 Å². The van der Waals surface area contributed by atoms with Crippen LogP contribution in [0.2, 0.25) is 5.02 Å². The second kappa shape index (κ2) is 8.76. The maximum absolute atomic E-state index is 13.1. The summed E-state index contributed by atoms with van der Waals surface area (Å²) in [6, 6.07) is 12.1. The highest BCUT2D eigenvalue weighted by atomic mass is 35.5. The Morgan fingerprint density at radius 3 is 2.57 bits per heavy atom. The third-order valence-corrected chi connectivity index (χ3v) is 5.39. The van der Waals surface area contributed by atoms with E-state index in [4.69, 9.17) is 17.3 Å². The molecule has 1 saturated heterocycles. The molecule has 2 atom stereocenters. The molecule has 2 N–H and O–H groups in total. The van der Waals surface area contributed by atoms with Gasteiger partial charge in [-0.2, -0.15) is 0 Å². The standard InChI is InChI=1S/C22H25ClFN3O/c1-15-13-27(22(28)10-6-18-5-7-19(23)11-21(18)25)16(2)12-26(15)14-17-3-8-20(24)9-4-17/h3-11,15-16H,12-14,25H2,1-2H3/b10-6+/t15-,16+/m0/s1. The van der Waals surface area contributed by atoms with Gasteiger partial charge in [-0.1, -0.05) is 29.8 Å². The molecule has 1 aliphatic heterocycles. The Bertz CT molecular complexity index is 869. The molecular formula is C22H25ClFN3O. The first-order valence-corrected chi connectivity index (χ1v) is 9.73. The number of nitrogens with two attached hydrogens (primary N) is 1. The van der Waals surface area contributed by atoms with Crippen molar-refractivity contribution in [1.29, 1.82) is 0 Å². The summed E-state index contributed by atoms with van der Waals surface area (Å²) in [6.07, 6.45) is 3.30. The molecule has 0 aliphatic carbocycles. The van der Waals surface area contributed by atoms with Crippen LogP contribution in [0.25, 0.3) is 6.08 Å². The summed E-state index contributed by atoms with van der Waals surface area (Å²) in [5.41, 5.74) is 8.33. The van der Waals surface area contributed by atoms with Crippen LogP contribution in [0, 0.1) is 5.82 Å². The normalized spacial score (nSPS) is 20.6. The highest BCUT2D eigenvalue weighted by Gasteiger charge is 2.30. The zero-order valence-corrected chi connectivity index (χ0v) is 16.9. The number of carbonyl (C=O) groups is 1. The van der Waals surface area contributed by atoms with E-state index in [2.05, 4.69) is 11.8 Å². The van der Waals surface area contributed by atoms with Gasteiger partial charge in [0.2, 0.25) is 5.91 Å². The van der Waals surface area contributed by atoms with E-state index in [1.54, 1.807) is 30.4 Å². The third kappa shape index (κ3) is 4.91.